The van der Waals surface area contributed by atoms with Crippen molar-refractivity contribution < 1.29 is 13.5 Å². The fraction of sp³-hybridized carbons (Fsp3) is 0.357. The fourth-order valence-corrected chi connectivity index (χ4v) is 1.71. The normalized spacial score (nSPS) is 10.7. The first-order valence-corrected chi connectivity index (χ1v) is 6.23. The lowest BCUT2D eigenvalue weighted by Gasteiger charge is -2.02. The molecule has 0 aliphatic heterocycles. The predicted molar refractivity (Wildman–Crippen MR) is 70.4 cm³/mol. The molecule has 2 rings (SSSR count). The molecule has 1 N–H and O–H groups in total. The molecular weight excluding hydrogens is 247 g/mol. The molecule has 1 aromatic carbocycles. The molecule has 0 bridgehead atoms. The monoisotopic (exact) mass is 264 g/mol. The van der Waals surface area contributed by atoms with Gasteiger partial charge in [-0.05, 0) is 31.2 Å². The maximum atomic E-state index is 13.6. The molecule has 0 aliphatic carbocycles. The zero-order chi connectivity index (χ0) is 13.7. The van der Waals surface area contributed by atoms with E-state index in [4.69, 9.17) is 9.15 Å². The Balaban J connectivity index is 2.11. The molecule has 0 saturated heterocycles. The molecule has 1 aromatic heterocycles. The Morgan fingerprint density at radius 2 is 2.26 bits per heavy atom. The number of methoxy groups -OCH3 is 1. The second kappa shape index (κ2) is 6.33. The summed E-state index contributed by atoms with van der Waals surface area (Å²) >= 11 is 0. The molecule has 0 fully saturated rings. The van der Waals surface area contributed by atoms with E-state index in [1.165, 1.54) is 13.2 Å². The largest absolute Gasteiger partial charge is 0.494 e. The van der Waals surface area contributed by atoms with Gasteiger partial charge >= 0.3 is 0 Å². The van der Waals surface area contributed by atoms with Gasteiger partial charge in [0, 0.05) is 12.1 Å². The second-order valence-electron chi connectivity index (χ2n) is 4.17. The summed E-state index contributed by atoms with van der Waals surface area (Å²) < 4.78 is 23.8. The lowest BCUT2D eigenvalue weighted by molar-refractivity contribution is 0.386. The van der Waals surface area contributed by atoms with Crippen LogP contribution in [0.3, 0.4) is 0 Å². The van der Waals surface area contributed by atoms with Gasteiger partial charge in [-0.2, -0.15) is 0 Å². The Bertz CT molecular complexity index is 540. The molecule has 102 valence electrons. The van der Waals surface area contributed by atoms with Gasteiger partial charge in [0.2, 0.25) is 5.89 Å². The summed E-state index contributed by atoms with van der Waals surface area (Å²) in [4.78, 5) is 4.31. The van der Waals surface area contributed by atoms with E-state index in [1.54, 1.807) is 18.4 Å². The van der Waals surface area contributed by atoms with Crippen molar-refractivity contribution in [2.75, 3.05) is 13.7 Å². The number of rotatable bonds is 6. The number of nitrogens with zero attached hydrogens (tertiary/aromatic N) is 1. The number of hydrogen-bond acceptors (Lipinski definition) is 4. The molecule has 2 aromatic rings. The van der Waals surface area contributed by atoms with Gasteiger partial charge in [0.15, 0.2) is 11.6 Å². The highest BCUT2D eigenvalue weighted by Crippen LogP contribution is 2.24. The highest BCUT2D eigenvalue weighted by molar-refractivity contribution is 5.55. The molecule has 0 spiro atoms. The Kier molecular flexibility index (Phi) is 4.52. The van der Waals surface area contributed by atoms with E-state index >= 15 is 0 Å². The Morgan fingerprint density at radius 3 is 2.95 bits per heavy atom. The molecule has 0 atom stereocenters. The lowest BCUT2D eigenvalue weighted by Crippen LogP contribution is -2.13. The average molecular weight is 264 g/mol. The topological polar surface area (TPSA) is 47.3 Å². The Morgan fingerprint density at radius 1 is 1.42 bits per heavy atom. The van der Waals surface area contributed by atoms with E-state index in [2.05, 4.69) is 17.2 Å². The van der Waals surface area contributed by atoms with E-state index in [-0.39, 0.29) is 5.75 Å². The standard InChI is InChI=1S/C14H17FN2O2/c1-3-6-16-8-11-9-19-14(17-11)10-4-5-13(18-2)12(15)7-10/h4-5,7,9,16H,3,6,8H2,1-2H3. The number of aromatic nitrogens is 1. The van der Waals surface area contributed by atoms with Crippen molar-refractivity contribution in [2.24, 2.45) is 0 Å². The summed E-state index contributed by atoms with van der Waals surface area (Å²) in [5.74, 6) is 0.193. The van der Waals surface area contributed by atoms with Crippen LogP contribution in [-0.2, 0) is 6.54 Å². The first-order chi connectivity index (χ1) is 9.24. The zero-order valence-electron chi connectivity index (χ0n) is 11.1. The molecule has 4 nitrogen and oxygen atoms in total. The molecule has 0 aliphatic rings. The first kappa shape index (κ1) is 13.5. The predicted octanol–water partition coefficient (Wildman–Crippen LogP) is 2.99. The van der Waals surface area contributed by atoms with E-state index in [9.17, 15) is 4.39 Å². The Hall–Kier alpha value is -1.88. The van der Waals surface area contributed by atoms with Crippen LogP contribution in [0.25, 0.3) is 11.5 Å². The summed E-state index contributed by atoms with van der Waals surface area (Å²) in [5, 5.41) is 3.23. The van der Waals surface area contributed by atoms with E-state index in [0.29, 0.717) is 18.0 Å². The van der Waals surface area contributed by atoms with Crippen LogP contribution in [0.2, 0.25) is 0 Å². The van der Waals surface area contributed by atoms with Crippen molar-refractivity contribution in [3.8, 4) is 17.2 Å². The summed E-state index contributed by atoms with van der Waals surface area (Å²) in [7, 11) is 1.43. The van der Waals surface area contributed by atoms with Gasteiger partial charge in [-0.25, -0.2) is 9.37 Å². The van der Waals surface area contributed by atoms with Gasteiger partial charge in [-0.1, -0.05) is 6.92 Å². The summed E-state index contributed by atoms with van der Waals surface area (Å²) in [6.45, 7) is 3.68. The molecule has 0 saturated carbocycles. The number of nitrogens with one attached hydrogen (secondary N) is 1. The number of ether oxygens (including phenoxy) is 1. The van der Waals surface area contributed by atoms with Crippen LogP contribution in [0.1, 0.15) is 19.0 Å². The number of hydrogen-bond donors (Lipinski definition) is 1. The minimum Gasteiger partial charge on any atom is -0.494 e. The molecule has 19 heavy (non-hydrogen) atoms. The second-order valence-corrected chi connectivity index (χ2v) is 4.17. The van der Waals surface area contributed by atoms with Gasteiger partial charge in [0.05, 0.1) is 12.8 Å². The summed E-state index contributed by atoms with van der Waals surface area (Å²) in [6, 6.07) is 4.63. The first-order valence-electron chi connectivity index (χ1n) is 6.23. The summed E-state index contributed by atoms with van der Waals surface area (Å²) in [6.07, 6.45) is 2.65. The minimum absolute atomic E-state index is 0.208. The lowest BCUT2D eigenvalue weighted by atomic mass is 10.2. The molecule has 0 radical (unpaired) electrons. The van der Waals surface area contributed by atoms with E-state index < -0.39 is 5.82 Å². The molecule has 5 heteroatoms. The van der Waals surface area contributed by atoms with Crippen molar-refractivity contribution in [3.63, 3.8) is 0 Å². The average Bonchev–Trinajstić information content (AvgIpc) is 2.88. The van der Waals surface area contributed by atoms with Crippen molar-refractivity contribution in [2.45, 2.75) is 19.9 Å². The molecule has 1 heterocycles. The maximum Gasteiger partial charge on any atom is 0.226 e. The number of halogens is 1. The van der Waals surface area contributed by atoms with Crippen LogP contribution in [-0.4, -0.2) is 18.6 Å². The summed E-state index contributed by atoms with van der Waals surface area (Å²) in [5.41, 5.74) is 1.40. The Labute approximate surface area is 111 Å². The van der Waals surface area contributed by atoms with Crippen molar-refractivity contribution in [1.29, 1.82) is 0 Å². The van der Waals surface area contributed by atoms with Crippen LogP contribution in [0.5, 0.6) is 5.75 Å². The van der Waals surface area contributed by atoms with Crippen LogP contribution < -0.4 is 10.1 Å². The van der Waals surface area contributed by atoms with Crippen molar-refractivity contribution in [3.05, 3.63) is 36.0 Å². The third-order valence-electron chi connectivity index (χ3n) is 2.68. The van der Waals surface area contributed by atoms with Crippen molar-refractivity contribution in [1.82, 2.24) is 10.3 Å². The van der Waals surface area contributed by atoms with Crippen LogP contribution in [0.15, 0.2) is 28.9 Å². The van der Waals surface area contributed by atoms with Gasteiger partial charge < -0.3 is 14.5 Å². The van der Waals surface area contributed by atoms with E-state index in [0.717, 1.165) is 18.7 Å². The van der Waals surface area contributed by atoms with Gasteiger partial charge in [0.25, 0.3) is 0 Å². The van der Waals surface area contributed by atoms with Crippen LogP contribution >= 0.6 is 0 Å². The van der Waals surface area contributed by atoms with Crippen molar-refractivity contribution >= 4 is 0 Å². The zero-order valence-corrected chi connectivity index (χ0v) is 11.1. The molecular formula is C14H17FN2O2. The minimum atomic E-state index is -0.427. The van der Waals surface area contributed by atoms with E-state index in [1.807, 2.05) is 0 Å². The van der Waals surface area contributed by atoms with Gasteiger partial charge in [-0.15, -0.1) is 0 Å². The van der Waals surface area contributed by atoms with Gasteiger partial charge in [0.1, 0.15) is 6.26 Å². The van der Waals surface area contributed by atoms with Crippen LogP contribution in [0, 0.1) is 5.82 Å². The fourth-order valence-electron chi connectivity index (χ4n) is 1.71. The third kappa shape index (κ3) is 3.32. The number of benzene rings is 1. The SMILES string of the molecule is CCCNCc1coc(-c2ccc(OC)c(F)c2)n1. The maximum absolute atomic E-state index is 13.6. The highest BCUT2D eigenvalue weighted by Gasteiger charge is 2.10. The number of oxazole rings is 1. The quantitative estimate of drug-likeness (QED) is 0.815. The molecule has 0 unspecified atom stereocenters. The molecule has 0 amide bonds. The van der Waals surface area contributed by atoms with Crippen LogP contribution in [0.4, 0.5) is 4.39 Å². The third-order valence-corrected chi connectivity index (χ3v) is 2.68. The smallest absolute Gasteiger partial charge is 0.226 e. The highest BCUT2D eigenvalue weighted by atomic mass is 19.1. The van der Waals surface area contributed by atoms with Gasteiger partial charge in [-0.3, -0.25) is 0 Å².